The maximum absolute atomic E-state index is 13.3. The first-order valence-electron chi connectivity index (χ1n) is 11.1. The number of rotatable bonds is 5. The van der Waals surface area contributed by atoms with Gasteiger partial charge in [-0.15, -0.1) is 0 Å². The number of hydrogen-bond acceptors (Lipinski definition) is 7. The van der Waals surface area contributed by atoms with Crippen molar-refractivity contribution in [1.82, 2.24) is 5.16 Å². The molecule has 0 unspecified atom stereocenters. The summed E-state index contributed by atoms with van der Waals surface area (Å²) in [6, 6.07) is 13.1. The van der Waals surface area contributed by atoms with Crippen LogP contribution in [0.15, 0.2) is 58.6 Å². The lowest BCUT2D eigenvalue weighted by atomic mass is 9.85. The zero-order valence-corrected chi connectivity index (χ0v) is 20.6. The third kappa shape index (κ3) is 4.27. The largest absolute Gasteiger partial charge is 0.507 e. The Kier molecular flexibility index (Phi) is 6.15. The molecule has 2 heterocycles. The molecule has 1 N–H and O–H groups in total. The van der Waals surface area contributed by atoms with Crippen LogP contribution in [-0.2, 0) is 15.0 Å². The van der Waals surface area contributed by atoms with E-state index in [-0.39, 0.29) is 22.6 Å². The summed E-state index contributed by atoms with van der Waals surface area (Å²) in [5.74, 6) is -0.407. The van der Waals surface area contributed by atoms with E-state index >= 15 is 0 Å². The van der Waals surface area contributed by atoms with E-state index in [2.05, 4.69) is 25.9 Å². The van der Waals surface area contributed by atoms with E-state index in [1.807, 2.05) is 24.3 Å². The highest BCUT2D eigenvalue weighted by atomic mass is 16.5. The number of aliphatic hydroxyl groups is 1. The number of ketones is 1. The number of aromatic nitrogens is 1. The molecule has 4 rings (SSSR count). The van der Waals surface area contributed by atoms with Crippen molar-refractivity contribution in [1.29, 1.82) is 0 Å². The van der Waals surface area contributed by atoms with Crippen LogP contribution < -0.4 is 14.4 Å². The molecule has 0 spiro atoms. The van der Waals surface area contributed by atoms with Crippen molar-refractivity contribution < 1.29 is 28.7 Å². The highest BCUT2D eigenvalue weighted by Crippen LogP contribution is 2.43. The van der Waals surface area contributed by atoms with Gasteiger partial charge < -0.3 is 19.1 Å². The van der Waals surface area contributed by atoms with Gasteiger partial charge >= 0.3 is 5.91 Å². The van der Waals surface area contributed by atoms with E-state index in [0.29, 0.717) is 28.4 Å². The van der Waals surface area contributed by atoms with Gasteiger partial charge in [-0.3, -0.25) is 14.5 Å². The lowest BCUT2D eigenvalue weighted by Crippen LogP contribution is -2.29. The minimum Gasteiger partial charge on any atom is -0.507 e. The number of methoxy groups -OCH3 is 2. The van der Waals surface area contributed by atoms with Gasteiger partial charge in [-0.05, 0) is 41.7 Å². The molecule has 3 aromatic rings. The molecule has 1 saturated heterocycles. The fourth-order valence-corrected chi connectivity index (χ4v) is 4.16. The molecule has 8 nitrogen and oxygen atoms in total. The third-order valence-corrected chi connectivity index (χ3v) is 6.06. The molecule has 1 aliphatic rings. The Morgan fingerprint density at radius 1 is 1.00 bits per heavy atom. The molecule has 1 amide bonds. The third-order valence-electron chi connectivity index (χ3n) is 6.06. The van der Waals surface area contributed by atoms with Gasteiger partial charge in [-0.2, -0.15) is 0 Å². The number of carbonyl (C=O) groups excluding carboxylic acids is 2. The molecular weight excluding hydrogens is 448 g/mol. The van der Waals surface area contributed by atoms with Gasteiger partial charge in [0, 0.05) is 11.6 Å². The summed E-state index contributed by atoms with van der Waals surface area (Å²) >= 11 is 0. The predicted octanol–water partition coefficient (Wildman–Crippen LogP) is 4.92. The first kappa shape index (κ1) is 24.1. The number of nitrogens with zero attached hydrogens (tertiary/aromatic N) is 2. The number of aliphatic hydroxyl groups excluding tert-OH is 1. The molecule has 1 aromatic heterocycles. The van der Waals surface area contributed by atoms with Crippen LogP contribution in [0.3, 0.4) is 0 Å². The van der Waals surface area contributed by atoms with E-state index < -0.39 is 17.7 Å². The normalized spacial score (nSPS) is 17.7. The Hall–Kier alpha value is -4.07. The maximum atomic E-state index is 13.3. The summed E-state index contributed by atoms with van der Waals surface area (Å²) in [4.78, 5) is 27.7. The smallest absolute Gasteiger partial charge is 0.301 e. The summed E-state index contributed by atoms with van der Waals surface area (Å²) < 4.78 is 15.8. The summed E-state index contributed by atoms with van der Waals surface area (Å²) in [5.41, 5.74) is 1.93. The molecule has 1 atom stereocenters. The summed E-state index contributed by atoms with van der Waals surface area (Å²) in [6.45, 7) is 8.00. The highest BCUT2D eigenvalue weighted by Gasteiger charge is 2.48. The Balaban J connectivity index is 1.92. The zero-order chi connectivity index (χ0) is 25.5. The van der Waals surface area contributed by atoms with Gasteiger partial charge in [0.25, 0.3) is 5.78 Å². The first-order chi connectivity index (χ1) is 16.6. The number of carbonyl (C=O) groups is 2. The topological polar surface area (TPSA) is 102 Å². The molecule has 0 bridgehead atoms. The number of benzene rings is 2. The van der Waals surface area contributed by atoms with Crippen LogP contribution in [0.1, 0.15) is 49.3 Å². The maximum Gasteiger partial charge on any atom is 0.301 e. The Bertz CT molecular complexity index is 1310. The van der Waals surface area contributed by atoms with Crippen molar-refractivity contribution in [2.24, 2.45) is 0 Å². The minimum atomic E-state index is -0.901. The van der Waals surface area contributed by atoms with Crippen LogP contribution in [0.5, 0.6) is 11.5 Å². The highest BCUT2D eigenvalue weighted by molar-refractivity contribution is 6.51. The molecule has 0 saturated carbocycles. The Labute approximate surface area is 203 Å². The fraction of sp³-hybridized carbons (Fsp3) is 0.296. The lowest BCUT2D eigenvalue weighted by Gasteiger charge is -2.24. The SMILES string of the molecule is COc1ccc(/C(O)=C2\C(=O)C(=O)N(c3cc(C)on3)[C@H]2c2ccc(C(C)(C)C)cc2)cc1OC. The number of aryl methyl sites for hydroxylation is 1. The van der Waals surface area contributed by atoms with Crippen LogP contribution in [-0.4, -0.2) is 36.2 Å². The Morgan fingerprint density at radius 2 is 1.66 bits per heavy atom. The van der Waals surface area contributed by atoms with Gasteiger partial charge in [0.15, 0.2) is 17.3 Å². The average Bonchev–Trinajstić information content (AvgIpc) is 3.38. The van der Waals surface area contributed by atoms with Crippen molar-refractivity contribution in [3.8, 4) is 11.5 Å². The summed E-state index contributed by atoms with van der Waals surface area (Å²) in [6.07, 6.45) is 0. The molecule has 35 heavy (non-hydrogen) atoms. The zero-order valence-electron chi connectivity index (χ0n) is 20.6. The molecule has 8 heteroatoms. The monoisotopic (exact) mass is 476 g/mol. The predicted molar refractivity (Wildman–Crippen MR) is 131 cm³/mol. The van der Waals surface area contributed by atoms with Crippen LogP contribution in [0.4, 0.5) is 5.82 Å². The summed E-state index contributed by atoms with van der Waals surface area (Å²) in [7, 11) is 2.98. The minimum absolute atomic E-state index is 0.0496. The van der Waals surface area contributed by atoms with Crippen molar-refractivity contribution in [3.05, 3.63) is 76.6 Å². The van der Waals surface area contributed by atoms with E-state index in [9.17, 15) is 14.7 Å². The average molecular weight is 477 g/mol. The second-order valence-corrected chi connectivity index (χ2v) is 9.41. The quantitative estimate of drug-likeness (QED) is 0.317. The number of Topliss-reactive ketones (excluding diaryl/α,β-unsaturated/α-hetero) is 1. The van der Waals surface area contributed by atoms with Crippen molar-refractivity contribution in [3.63, 3.8) is 0 Å². The van der Waals surface area contributed by atoms with Crippen LogP contribution in [0, 0.1) is 6.92 Å². The number of amides is 1. The van der Waals surface area contributed by atoms with Gasteiger partial charge in [0.2, 0.25) is 0 Å². The van der Waals surface area contributed by atoms with Crippen LogP contribution >= 0.6 is 0 Å². The van der Waals surface area contributed by atoms with Gasteiger partial charge in [0.1, 0.15) is 11.5 Å². The van der Waals surface area contributed by atoms with Crippen molar-refractivity contribution in [2.75, 3.05) is 19.1 Å². The molecule has 1 aliphatic heterocycles. The van der Waals surface area contributed by atoms with Gasteiger partial charge in [-0.25, -0.2) is 0 Å². The second-order valence-electron chi connectivity index (χ2n) is 9.41. The van der Waals surface area contributed by atoms with Crippen LogP contribution in [0.25, 0.3) is 5.76 Å². The van der Waals surface area contributed by atoms with E-state index in [4.69, 9.17) is 14.0 Å². The number of anilines is 1. The molecular formula is C27H28N2O6. The Morgan fingerprint density at radius 3 is 2.20 bits per heavy atom. The molecule has 0 radical (unpaired) electrons. The van der Waals surface area contributed by atoms with Crippen molar-refractivity contribution in [2.45, 2.75) is 39.2 Å². The van der Waals surface area contributed by atoms with E-state index in [0.717, 1.165) is 5.56 Å². The first-order valence-corrected chi connectivity index (χ1v) is 11.1. The van der Waals surface area contributed by atoms with Crippen molar-refractivity contribution >= 4 is 23.3 Å². The molecule has 182 valence electrons. The standard InChI is InChI=1S/C27H28N2O6/c1-15-13-21(28-35-15)29-23(16-7-10-18(11-8-16)27(2,3)4)22(25(31)26(29)32)24(30)17-9-12-19(33-5)20(14-17)34-6/h7-14,23,30H,1-6H3/b24-22+/t23-/m0/s1. The van der Waals surface area contributed by atoms with Crippen LogP contribution in [0.2, 0.25) is 0 Å². The van der Waals surface area contributed by atoms with Gasteiger partial charge in [-0.1, -0.05) is 50.2 Å². The fourth-order valence-electron chi connectivity index (χ4n) is 4.16. The van der Waals surface area contributed by atoms with E-state index in [1.165, 1.54) is 19.1 Å². The second kappa shape index (κ2) is 8.94. The van der Waals surface area contributed by atoms with E-state index in [1.54, 1.807) is 31.2 Å². The number of ether oxygens (including phenoxy) is 2. The van der Waals surface area contributed by atoms with Gasteiger partial charge in [0.05, 0.1) is 25.8 Å². The summed E-state index contributed by atoms with van der Waals surface area (Å²) in [5, 5.41) is 15.3. The lowest BCUT2D eigenvalue weighted by molar-refractivity contribution is -0.132. The molecule has 0 aliphatic carbocycles. The molecule has 2 aromatic carbocycles. The molecule has 1 fully saturated rings. The number of hydrogen-bond donors (Lipinski definition) is 1.